The van der Waals surface area contributed by atoms with E-state index in [0.29, 0.717) is 25.9 Å². The van der Waals surface area contributed by atoms with Gasteiger partial charge in [-0.05, 0) is 42.2 Å². The van der Waals surface area contributed by atoms with Crippen molar-refractivity contribution in [3.8, 4) is 11.4 Å². The largest absolute Gasteiger partial charge is 0.416 e. The fourth-order valence-electron chi connectivity index (χ4n) is 3.31. The fraction of sp³-hybridized carbons (Fsp3) is 0.318. The molecule has 188 valence electrons. The highest BCUT2D eigenvalue weighted by Crippen LogP contribution is 2.26. The van der Waals surface area contributed by atoms with E-state index in [9.17, 15) is 27.9 Å². The Kier molecular flexibility index (Phi) is 8.92. The zero-order chi connectivity index (χ0) is 25.8. The number of nitrogens with zero attached hydrogens (tertiary/aromatic N) is 3. The summed E-state index contributed by atoms with van der Waals surface area (Å²) in [7, 11) is 0. The smallest absolute Gasteiger partial charge is 0.382 e. The van der Waals surface area contributed by atoms with E-state index in [2.05, 4.69) is 10.4 Å². The monoisotopic (exact) mass is 548 g/mol. The Morgan fingerprint density at radius 2 is 1.83 bits per heavy atom. The van der Waals surface area contributed by atoms with E-state index in [1.54, 1.807) is 24.3 Å². The number of hydrogen-bond donors (Lipinski definition) is 2. The molecule has 0 fully saturated rings. The minimum atomic E-state index is -4.95. The van der Waals surface area contributed by atoms with Crippen molar-refractivity contribution < 1.29 is 23.1 Å². The second-order valence-electron chi connectivity index (χ2n) is 7.54. The van der Waals surface area contributed by atoms with Gasteiger partial charge < -0.3 is 10.4 Å². The quantitative estimate of drug-likeness (QED) is 0.419. The van der Waals surface area contributed by atoms with Crippen LogP contribution in [0.15, 0.2) is 53.3 Å². The number of aliphatic hydroxyl groups is 1. The van der Waals surface area contributed by atoms with Crippen LogP contribution in [0.2, 0.25) is 10.0 Å². The first-order valence-electron chi connectivity index (χ1n) is 10.2. The van der Waals surface area contributed by atoms with Gasteiger partial charge >= 0.3 is 11.9 Å². The topological polar surface area (TPSA) is 89.2 Å². The normalized spacial score (nSPS) is 13.5. The molecule has 0 bridgehead atoms. The average molecular weight is 549 g/mol. The number of rotatable bonds is 9. The molecule has 0 spiro atoms. The molecule has 2 N–H and O–H groups in total. The van der Waals surface area contributed by atoms with Crippen molar-refractivity contribution >= 4 is 40.9 Å². The molecule has 2 aromatic carbocycles. The molecule has 0 aliphatic heterocycles. The van der Waals surface area contributed by atoms with Crippen LogP contribution in [0, 0.1) is 0 Å². The number of amides is 1. The van der Waals surface area contributed by atoms with Gasteiger partial charge in [-0.15, -0.1) is 5.10 Å². The third kappa shape index (κ3) is 6.81. The number of thioether (sulfide) groups is 1. The van der Waals surface area contributed by atoms with Crippen molar-refractivity contribution in [2.75, 3.05) is 12.0 Å². The van der Waals surface area contributed by atoms with Crippen LogP contribution in [-0.4, -0.2) is 49.7 Å². The summed E-state index contributed by atoms with van der Waals surface area (Å²) in [5.74, 6) is -0.239. The highest BCUT2D eigenvalue weighted by atomic mass is 35.5. The second kappa shape index (κ2) is 11.5. The van der Waals surface area contributed by atoms with Crippen LogP contribution in [0.25, 0.3) is 11.4 Å². The second-order valence-corrected chi connectivity index (χ2v) is 9.29. The van der Waals surface area contributed by atoms with Crippen LogP contribution in [0.3, 0.4) is 0 Å². The summed E-state index contributed by atoms with van der Waals surface area (Å²) >= 11 is 13.6. The molecule has 3 aromatic rings. The van der Waals surface area contributed by atoms with Crippen LogP contribution < -0.4 is 11.0 Å². The van der Waals surface area contributed by atoms with Crippen molar-refractivity contribution in [1.82, 2.24) is 19.7 Å². The van der Waals surface area contributed by atoms with Gasteiger partial charge in [-0.25, -0.2) is 9.48 Å². The Bertz CT molecular complexity index is 1230. The Hall–Kier alpha value is -2.47. The minimum Gasteiger partial charge on any atom is -0.382 e. The van der Waals surface area contributed by atoms with Gasteiger partial charge in [0.25, 0.3) is 0 Å². The van der Waals surface area contributed by atoms with Gasteiger partial charge in [0.15, 0.2) is 11.9 Å². The number of benzene rings is 2. The van der Waals surface area contributed by atoms with Gasteiger partial charge in [0.2, 0.25) is 5.91 Å². The average Bonchev–Trinajstić information content (AvgIpc) is 3.09. The summed E-state index contributed by atoms with van der Waals surface area (Å²) < 4.78 is 40.4. The molecule has 2 atom stereocenters. The summed E-state index contributed by atoms with van der Waals surface area (Å²) in [5, 5.41) is 17.3. The zero-order valence-electron chi connectivity index (χ0n) is 18.3. The fourth-order valence-corrected chi connectivity index (χ4v) is 4.30. The summed E-state index contributed by atoms with van der Waals surface area (Å²) in [4.78, 5) is 25.7. The number of aromatic nitrogens is 3. The summed E-state index contributed by atoms with van der Waals surface area (Å²) in [6, 6.07) is 12.4. The number of nitrogens with one attached hydrogen (secondary N) is 1. The minimum absolute atomic E-state index is 0.144. The molecule has 1 unspecified atom stereocenters. The van der Waals surface area contributed by atoms with Crippen molar-refractivity contribution in [2.24, 2.45) is 0 Å². The lowest BCUT2D eigenvalue weighted by atomic mass is 10.1. The van der Waals surface area contributed by atoms with Crippen LogP contribution in [0.1, 0.15) is 11.6 Å². The number of carbonyl (C=O) groups is 1. The highest BCUT2D eigenvalue weighted by Gasteiger charge is 2.39. The van der Waals surface area contributed by atoms with Gasteiger partial charge in [0.1, 0.15) is 6.54 Å². The van der Waals surface area contributed by atoms with Gasteiger partial charge in [-0.1, -0.05) is 41.4 Å². The molecule has 0 saturated heterocycles. The number of aliphatic hydroxyl groups excluding tert-OH is 1. The van der Waals surface area contributed by atoms with Gasteiger partial charge in [-0.3, -0.25) is 9.36 Å². The molecule has 0 saturated carbocycles. The predicted octanol–water partition coefficient (Wildman–Crippen LogP) is 4.16. The third-order valence-electron chi connectivity index (χ3n) is 5.00. The van der Waals surface area contributed by atoms with Crippen molar-refractivity contribution in [1.29, 1.82) is 0 Å². The summed E-state index contributed by atoms with van der Waals surface area (Å²) in [5.41, 5.74) is -0.00573. The molecule has 35 heavy (non-hydrogen) atoms. The number of carbonyl (C=O) groups excluding carboxylic acids is 1. The van der Waals surface area contributed by atoms with Crippen molar-refractivity contribution in [2.45, 2.75) is 31.4 Å². The van der Waals surface area contributed by atoms with E-state index in [-0.39, 0.29) is 11.4 Å². The third-order valence-corrected chi connectivity index (χ3v) is 6.26. The molecule has 3 rings (SSSR count). The first-order valence-corrected chi connectivity index (χ1v) is 12.4. The van der Waals surface area contributed by atoms with Gasteiger partial charge in [0, 0.05) is 21.4 Å². The maximum absolute atomic E-state index is 13.0. The van der Waals surface area contributed by atoms with Gasteiger partial charge in [0.05, 0.1) is 12.6 Å². The zero-order valence-corrected chi connectivity index (χ0v) is 20.6. The molecule has 0 aliphatic rings. The highest BCUT2D eigenvalue weighted by molar-refractivity contribution is 7.98. The molecule has 1 amide bonds. The maximum atomic E-state index is 13.0. The van der Waals surface area contributed by atoms with Crippen LogP contribution in [-0.2, 0) is 17.9 Å². The number of hydrogen-bond acceptors (Lipinski definition) is 5. The SMILES string of the molecule is CSCC(NC(=O)Cn1nc(-c2ccc(Cl)cc2)n(C[C@H](O)C(F)(F)F)c1=O)c1ccccc1Cl. The van der Waals surface area contributed by atoms with Crippen LogP contribution >= 0.6 is 35.0 Å². The summed E-state index contributed by atoms with van der Waals surface area (Å²) in [6.45, 7) is -1.64. The van der Waals surface area contributed by atoms with E-state index >= 15 is 0 Å². The Morgan fingerprint density at radius 3 is 2.43 bits per heavy atom. The molecular weight excluding hydrogens is 528 g/mol. The van der Waals surface area contributed by atoms with Crippen molar-refractivity contribution in [3.05, 3.63) is 74.6 Å². The number of halogens is 5. The van der Waals surface area contributed by atoms with Crippen LogP contribution in [0.4, 0.5) is 13.2 Å². The van der Waals surface area contributed by atoms with Crippen molar-refractivity contribution in [3.63, 3.8) is 0 Å². The molecular formula is C22H21Cl2F3N4O3S. The molecule has 0 aliphatic carbocycles. The van der Waals surface area contributed by atoms with Crippen LogP contribution in [0.5, 0.6) is 0 Å². The van der Waals surface area contributed by atoms with E-state index in [1.165, 1.54) is 36.0 Å². The Labute approximate surface area is 212 Å². The Balaban J connectivity index is 1.91. The summed E-state index contributed by atoms with van der Waals surface area (Å²) in [6.07, 6.45) is -5.90. The van der Waals surface area contributed by atoms with E-state index in [0.717, 1.165) is 4.68 Å². The van der Waals surface area contributed by atoms with E-state index in [1.807, 2.05) is 6.26 Å². The maximum Gasteiger partial charge on any atom is 0.416 e. The molecule has 1 aromatic heterocycles. The van der Waals surface area contributed by atoms with E-state index < -0.39 is 43.0 Å². The Morgan fingerprint density at radius 1 is 1.17 bits per heavy atom. The number of alkyl halides is 3. The van der Waals surface area contributed by atoms with Gasteiger partial charge in [-0.2, -0.15) is 24.9 Å². The molecule has 1 heterocycles. The lowest BCUT2D eigenvalue weighted by molar-refractivity contribution is -0.207. The lowest BCUT2D eigenvalue weighted by Gasteiger charge is -2.19. The first-order chi connectivity index (χ1) is 16.5. The predicted molar refractivity (Wildman–Crippen MR) is 130 cm³/mol. The molecule has 7 nitrogen and oxygen atoms in total. The first kappa shape index (κ1) is 27.1. The lowest BCUT2D eigenvalue weighted by Crippen LogP contribution is -2.39. The standard InChI is InChI=1S/C22H21Cl2F3N4O3S/c1-35-12-17(15-4-2-3-5-16(15)24)28-19(33)11-31-21(34)30(10-18(32)22(25,26)27)20(29-31)13-6-8-14(23)9-7-13/h2-9,17-18,32H,10-12H2,1H3,(H,28,33)/t17?,18-/m0/s1. The molecule has 0 radical (unpaired) electrons. The molecule has 13 heteroatoms. The van der Waals surface area contributed by atoms with E-state index in [4.69, 9.17) is 23.2 Å².